The molecule has 0 aliphatic heterocycles. The van der Waals surface area contributed by atoms with Crippen LogP contribution in [0.3, 0.4) is 0 Å². The monoisotopic (exact) mass is 236 g/mol. The fourth-order valence-corrected chi connectivity index (χ4v) is 1.60. The molecular formula is C13H20N2O2. The predicted octanol–water partition coefficient (Wildman–Crippen LogP) is 1.15. The van der Waals surface area contributed by atoms with Crippen molar-refractivity contribution < 1.29 is 9.53 Å². The molecule has 94 valence electrons. The third-order valence-electron chi connectivity index (χ3n) is 2.58. The summed E-state index contributed by atoms with van der Waals surface area (Å²) in [5.74, 6) is -0.194. The lowest BCUT2D eigenvalue weighted by Crippen LogP contribution is -2.44. The molecule has 1 aromatic carbocycles. The highest BCUT2D eigenvalue weighted by Crippen LogP contribution is 2.13. The van der Waals surface area contributed by atoms with Gasteiger partial charge >= 0.3 is 0 Å². The molecule has 3 N–H and O–H groups in total. The number of amides is 1. The number of nitrogens with one attached hydrogen (secondary N) is 1. The van der Waals surface area contributed by atoms with Gasteiger partial charge in [-0.3, -0.25) is 4.79 Å². The molecule has 17 heavy (non-hydrogen) atoms. The van der Waals surface area contributed by atoms with Crippen LogP contribution in [0.5, 0.6) is 0 Å². The fourth-order valence-electron chi connectivity index (χ4n) is 1.60. The van der Waals surface area contributed by atoms with Crippen LogP contribution in [0.1, 0.15) is 24.1 Å². The van der Waals surface area contributed by atoms with E-state index in [9.17, 15) is 4.79 Å². The molecular weight excluding hydrogens is 216 g/mol. The molecule has 0 bridgehead atoms. The summed E-state index contributed by atoms with van der Waals surface area (Å²) in [4.78, 5) is 11.7. The van der Waals surface area contributed by atoms with Gasteiger partial charge < -0.3 is 15.8 Å². The molecule has 0 fully saturated rings. The summed E-state index contributed by atoms with van der Waals surface area (Å²) in [6, 6.07) is 7.36. The second-order valence-electron chi connectivity index (χ2n) is 4.21. The fraction of sp³-hybridized carbons (Fsp3) is 0.462. The lowest BCUT2D eigenvalue weighted by atomic mass is 10.1. The first-order valence-corrected chi connectivity index (χ1v) is 5.66. The molecule has 4 nitrogen and oxygen atoms in total. The molecule has 1 aromatic rings. The smallest absolute Gasteiger partial charge is 0.239 e. The van der Waals surface area contributed by atoms with E-state index in [-0.39, 0.29) is 18.6 Å². The lowest BCUT2D eigenvalue weighted by molar-refractivity contribution is -0.124. The number of benzene rings is 1. The molecule has 0 spiro atoms. The molecule has 0 saturated carbocycles. The Hall–Kier alpha value is -1.39. The van der Waals surface area contributed by atoms with Gasteiger partial charge in [0.25, 0.3) is 0 Å². The van der Waals surface area contributed by atoms with Gasteiger partial charge in [0, 0.05) is 7.11 Å². The Morgan fingerprint density at radius 1 is 1.53 bits per heavy atom. The van der Waals surface area contributed by atoms with Gasteiger partial charge in [0.1, 0.15) is 6.04 Å². The van der Waals surface area contributed by atoms with E-state index in [4.69, 9.17) is 10.5 Å². The Bertz CT molecular complexity index is 379. The zero-order chi connectivity index (χ0) is 12.8. The van der Waals surface area contributed by atoms with Crippen LogP contribution in [0.15, 0.2) is 24.3 Å². The number of hydrogen-bond acceptors (Lipinski definition) is 3. The van der Waals surface area contributed by atoms with E-state index in [1.807, 2.05) is 38.1 Å². The SMILES string of the molecule is COCC(N)C(=O)N[C@H](C)c1cccc(C)c1. The Labute approximate surface area is 102 Å². The van der Waals surface area contributed by atoms with Gasteiger partial charge in [0.2, 0.25) is 5.91 Å². The van der Waals surface area contributed by atoms with Crippen molar-refractivity contribution in [2.45, 2.75) is 25.9 Å². The molecule has 0 heterocycles. The minimum Gasteiger partial charge on any atom is -0.383 e. The Morgan fingerprint density at radius 2 is 2.24 bits per heavy atom. The third-order valence-corrected chi connectivity index (χ3v) is 2.58. The normalized spacial score (nSPS) is 14.1. The summed E-state index contributed by atoms with van der Waals surface area (Å²) in [5.41, 5.74) is 7.89. The number of aryl methyl sites for hydroxylation is 1. The number of ether oxygens (including phenoxy) is 1. The van der Waals surface area contributed by atoms with Crippen molar-refractivity contribution in [2.24, 2.45) is 5.73 Å². The van der Waals surface area contributed by atoms with Crippen molar-refractivity contribution in [3.8, 4) is 0 Å². The van der Waals surface area contributed by atoms with Crippen LogP contribution in [0.2, 0.25) is 0 Å². The highest BCUT2D eigenvalue weighted by molar-refractivity contribution is 5.82. The zero-order valence-corrected chi connectivity index (χ0v) is 10.6. The van der Waals surface area contributed by atoms with Crippen molar-refractivity contribution in [3.05, 3.63) is 35.4 Å². The summed E-state index contributed by atoms with van der Waals surface area (Å²) in [6.45, 7) is 4.19. The van der Waals surface area contributed by atoms with Crippen LogP contribution in [-0.2, 0) is 9.53 Å². The van der Waals surface area contributed by atoms with Crippen molar-refractivity contribution in [3.63, 3.8) is 0 Å². The van der Waals surface area contributed by atoms with Gasteiger partial charge in [0.05, 0.1) is 12.6 Å². The zero-order valence-electron chi connectivity index (χ0n) is 10.6. The topological polar surface area (TPSA) is 64.3 Å². The van der Waals surface area contributed by atoms with E-state index < -0.39 is 6.04 Å². The third kappa shape index (κ3) is 4.17. The maximum Gasteiger partial charge on any atom is 0.239 e. The van der Waals surface area contributed by atoms with Crippen LogP contribution in [0.25, 0.3) is 0 Å². The average molecular weight is 236 g/mol. The highest BCUT2D eigenvalue weighted by atomic mass is 16.5. The number of methoxy groups -OCH3 is 1. The maximum absolute atomic E-state index is 11.7. The minimum absolute atomic E-state index is 0.0506. The largest absolute Gasteiger partial charge is 0.383 e. The first kappa shape index (κ1) is 13.7. The summed E-state index contributed by atoms with van der Waals surface area (Å²) >= 11 is 0. The second-order valence-corrected chi connectivity index (χ2v) is 4.21. The molecule has 0 aliphatic rings. The van der Waals surface area contributed by atoms with Crippen molar-refractivity contribution in [2.75, 3.05) is 13.7 Å². The van der Waals surface area contributed by atoms with Crippen LogP contribution in [0.4, 0.5) is 0 Å². The van der Waals surface area contributed by atoms with Crippen LogP contribution in [-0.4, -0.2) is 25.7 Å². The second kappa shape index (κ2) is 6.37. The summed E-state index contributed by atoms with van der Waals surface area (Å²) in [5, 5.41) is 2.86. The quantitative estimate of drug-likeness (QED) is 0.806. The molecule has 0 aromatic heterocycles. The lowest BCUT2D eigenvalue weighted by Gasteiger charge is -2.17. The summed E-state index contributed by atoms with van der Waals surface area (Å²) in [7, 11) is 1.52. The molecule has 0 radical (unpaired) electrons. The summed E-state index contributed by atoms with van der Waals surface area (Å²) in [6.07, 6.45) is 0. The van der Waals surface area contributed by atoms with E-state index in [1.54, 1.807) is 0 Å². The molecule has 0 saturated heterocycles. The number of hydrogen-bond donors (Lipinski definition) is 2. The van der Waals surface area contributed by atoms with Crippen molar-refractivity contribution in [1.29, 1.82) is 0 Å². The van der Waals surface area contributed by atoms with Gasteiger partial charge in [-0.25, -0.2) is 0 Å². The van der Waals surface area contributed by atoms with Crippen LogP contribution in [0, 0.1) is 6.92 Å². The first-order chi connectivity index (χ1) is 8.04. The van der Waals surface area contributed by atoms with Crippen molar-refractivity contribution >= 4 is 5.91 Å². The van der Waals surface area contributed by atoms with E-state index in [2.05, 4.69) is 5.32 Å². The number of carbonyl (C=O) groups excluding carboxylic acids is 1. The summed E-state index contributed by atoms with van der Waals surface area (Å²) < 4.78 is 4.85. The molecule has 2 atom stereocenters. The van der Waals surface area contributed by atoms with E-state index in [0.29, 0.717) is 0 Å². The molecule has 1 unspecified atom stereocenters. The number of nitrogens with two attached hydrogens (primary N) is 1. The van der Waals surface area contributed by atoms with E-state index in [1.165, 1.54) is 12.7 Å². The molecule has 1 rings (SSSR count). The molecule has 4 heteroatoms. The van der Waals surface area contributed by atoms with Gasteiger partial charge in [0.15, 0.2) is 0 Å². The Morgan fingerprint density at radius 3 is 2.82 bits per heavy atom. The van der Waals surface area contributed by atoms with Gasteiger partial charge in [-0.15, -0.1) is 0 Å². The van der Waals surface area contributed by atoms with Crippen LogP contribution >= 0.6 is 0 Å². The predicted molar refractivity (Wildman–Crippen MR) is 67.6 cm³/mol. The van der Waals surface area contributed by atoms with E-state index >= 15 is 0 Å². The highest BCUT2D eigenvalue weighted by Gasteiger charge is 2.16. The van der Waals surface area contributed by atoms with Crippen molar-refractivity contribution in [1.82, 2.24) is 5.32 Å². The van der Waals surface area contributed by atoms with E-state index in [0.717, 1.165) is 5.56 Å². The van der Waals surface area contributed by atoms with Gasteiger partial charge in [-0.05, 0) is 19.4 Å². The van der Waals surface area contributed by atoms with Gasteiger partial charge in [-0.2, -0.15) is 0 Å². The molecule has 0 aliphatic carbocycles. The number of carbonyl (C=O) groups is 1. The molecule has 1 amide bonds. The number of rotatable bonds is 5. The Balaban J connectivity index is 2.60. The standard InChI is InChI=1S/C13H20N2O2/c1-9-5-4-6-11(7-9)10(2)15-13(16)12(14)8-17-3/h4-7,10,12H,8,14H2,1-3H3,(H,15,16)/t10-,12?/m1/s1. The van der Waals surface area contributed by atoms with Crippen LogP contribution < -0.4 is 11.1 Å². The minimum atomic E-state index is -0.618. The van der Waals surface area contributed by atoms with Gasteiger partial charge in [-0.1, -0.05) is 29.8 Å². The maximum atomic E-state index is 11.7. The average Bonchev–Trinajstić information content (AvgIpc) is 2.29. The first-order valence-electron chi connectivity index (χ1n) is 5.66. The Kier molecular flexibility index (Phi) is 5.12.